The van der Waals surface area contributed by atoms with Gasteiger partial charge in [0.05, 0.1) is 22.9 Å². The summed E-state index contributed by atoms with van der Waals surface area (Å²) in [6.45, 7) is 8.03. The third-order valence-electron chi connectivity index (χ3n) is 5.21. The maximum Gasteiger partial charge on any atom is 0.338 e. The summed E-state index contributed by atoms with van der Waals surface area (Å²) < 4.78 is 7.00. The van der Waals surface area contributed by atoms with Crippen LogP contribution in [0.25, 0.3) is 16.6 Å². The first kappa shape index (κ1) is 21.8. The second kappa shape index (κ2) is 9.00. The fraction of sp³-hybridized carbons (Fsp3) is 0.250. The SMILES string of the molecule is CCOC(=O)c1ccc(NC(=O)C(C)Sc2nnc3cc(C)c4cccc(C)c4n23)cc1. The number of pyridine rings is 1. The molecule has 0 fully saturated rings. The molecular formula is C24H24N4O3S. The van der Waals surface area contributed by atoms with Crippen LogP contribution in [-0.2, 0) is 9.53 Å². The average Bonchev–Trinajstić information content (AvgIpc) is 3.16. The molecule has 0 spiro atoms. The van der Waals surface area contributed by atoms with Gasteiger partial charge in [-0.1, -0.05) is 30.0 Å². The zero-order valence-electron chi connectivity index (χ0n) is 18.4. The molecule has 0 aliphatic heterocycles. The molecule has 0 saturated carbocycles. The van der Waals surface area contributed by atoms with Crippen LogP contribution in [0.1, 0.15) is 35.3 Å². The van der Waals surface area contributed by atoms with Crippen LogP contribution in [-0.4, -0.2) is 38.3 Å². The van der Waals surface area contributed by atoms with Gasteiger partial charge in [-0.3, -0.25) is 9.20 Å². The molecular weight excluding hydrogens is 424 g/mol. The highest BCUT2D eigenvalue weighted by atomic mass is 32.2. The van der Waals surface area contributed by atoms with Gasteiger partial charge >= 0.3 is 5.97 Å². The van der Waals surface area contributed by atoms with E-state index in [0.29, 0.717) is 23.0 Å². The molecule has 1 atom stereocenters. The normalized spacial score (nSPS) is 12.1. The molecule has 0 aliphatic carbocycles. The van der Waals surface area contributed by atoms with Crippen molar-refractivity contribution in [2.45, 2.75) is 38.1 Å². The number of amides is 1. The number of hydrogen-bond donors (Lipinski definition) is 1. The number of thioether (sulfide) groups is 1. The monoisotopic (exact) mass is 448 g/mol. The van der Waals surface area contributed by atoms with Gasteiger partial charge in [-0.05, 0) is 69.2 Å². The third-order valence-corrected chi connectivity index (χ3v) is 6.25. The Labute approximate surface area is 190 Å². The highest BCUT2D eigenvalue weighted by molar-refractivity contribution is 8.00. The molecule has 0 bridgehead atoms. The Morgan fingerprint density at radius 2 is 1.84 bits per heavy atom. The summed E-state index contributed by atoms with van der Waals surface area (Å²) in [6, 6.07) is 14.8. The molecule has 4 rings (SSSR count). The van der Waals surface area contributed by atoms with Crippen LogP contribution >= 0.6 is 11.8 Å². The van der Waals surface area contributed by atoms with Gasteiger partial charge in [0, 0.05) is 11.1 Å². The summed E-state index contributed by atoms with van der Waals surface area (Å²) >= 11 is 1.35. The first-order valence-electron chi connectivity index (χ1n) is 10.4. The fourth-order valence-electron chi connectivity index (χ4n) is 3.57. The minimum atomic E-state index is -0.410. The molecule has 0 saturated heterocycles. The van der Waals surface area contributed by atoms with Gasteiger partial charge in [-0.25, -0.2) is 4.79 Å². The Bertz CT molecular complexity index is 1310. The quantitative estimate of drug-likeness (QED) is 0.337. The maximum atomic E-state index is 12.8. The zero-order valence-corrected chi connectivity index (χ0v) is 19.2. The molecule has 2 aromatic carbocycles. The first-order valence-corrected chi connectivity index (χ1v) is 11.3. The molecule has 0 radical (unpaired) electrons. The summed E-state index contributed by atoms with van der Waals surface area (Å²) in [5, 5.41) is 13.0. The van der Waals surface area contributed by atoms with E-state index < -0.39 is 5.25 Å². The standard InChI is InChI=1S/C24H24N4O3S/c1-5-31-23(30)17-9-11-18(12-10-17)25-22(29)16(4)32-24-27-26-20-13-15(3)19-8-6-7-14(2)21(19)28(20)24/h6-13,16H,5H2,1-4H3,(H,25,29). The molecule has 7 nitrogen and oxygen atoms in total. The molecule has 8 heteroatoms. The minimum Gasteiger partial charge on any atom is -0.462 e. The number of benzene rings is 2. The predicted molar refractivity (Wildman–Crippen MR) is 126 cm³/mol. The third kappa shape index (κ3) is 4.18. The van der Waals surface area contributed by atoms with Crippen molar-refractivity contribution < 1.29 is 14.3 Å². The molecule has 2 aromatic heterocycles. The highest BCUT2D eigenvalue weighted by Gasteiger charge is 2.20. The molecule has 2 heterocycles. The number of nitrogens with zero attached hydrogens (tertiary/aromatic N) is 3. The van der Waals surface area contributed by atoms with Gasteiger partial charge in [0.25, 0.3) is 0 Å². The van der Waals surface area contributed by atoms with E-state index in [0.717, 1.165) is 27.7 Å². The van der Waals surface area contributed by atoms with E-state index >= 15 is 0 Å². The molecule has 4 aromatic rings. The number of carbonyl (C=O) groups excluding carboxylic acids is 2. The Kier molecular flexibility index (Phi) is 6.14. The average molecular weight is 449 g/mol. The summed E-state index contributed by atoms with van der Waals surface area (Å²) in [5.74, 6) is -0.547. The number of rotatable bonds is 6. The van der Waals surface area contributed by atoms with Crippen molar-refractivity contribution in [2.75, 3.05) is 11.9 Å². The Morgan fingerprint density at radius 1 is 1.09 bits per heavy atom. The number of ether oxygens (including phenoxy) is 1. The summed E-state index contributed by atoms with van der Waals surface area (Å²) in [4.78, 5) is 24.6. The van der Waals surface area contributed by atoms with Crippen molar-refractivity contribution in [3.63, 3.8) is 0 Å². The van der Waals surface area contributed by atoms with Crippen LogP contribution < -0.4 is 5.32 Å². The van der Waals surface area contributed by atoms with Crippen LogP contribution in [0.3, 0.4) is 0 Å². The summed E-state index contributed by atoms with van der Waals surface area (Å²) in [7, 11) is 0. The van der Waals surface area contributed by atoms with Crippen molar-refractivity contribution in [3.05, 3.63) is 65.2 Å². The van der Waals surface area contributed by atoms with Crippen molar-refractivity contribution in [1.82, 2.24) is 14.6 Å². The topological polar surface area (TPSA) is 85.6 Å². The van der Waals surface area contributed by atoms with Gasteiger partial charge in [0.1, 0.15) is 0 Å². The molecule has 1 amide bonds. The van der Waals surface area contributed by atoms with Gasteiger partial charge < -0.3 is 10.1 Å². The second-order valence-electron chi connectivity index (χ2n) is 7.52. The van der Waals surface area contributed by atoms with E-state index in [2.05, 4.69) is 41.5 Å². The van der Waals surface area contributed by atoms with Crippen LogP contribution in [0.2, 0.25) is 0 Å². The van der Waals surface area contributed by atoms with Gasteiger partial charge in [-0.2, -0.15) is 0 Å². The maximum absolute atomic E-state index is 12.8. The van der Waals surface area contributed by atoms with E-state index in [4.69, 9.17) is 4.74 Å². The number of nitrogens with one attached hydrogen (secondary N) is 1. The summed E-state index contributed by atoms with van der Waals surface area (Å²) in [6.07, 6.45) is 0. The van der Waals surface area contributed by atoms with Crippen LogP contribution in [0.15, 0.2) is 53.7 Å². The lowest BCUT2D eigenvalue weighted by atomic mass is 10.1. The van der Waals surface area contributed by atoms with E-state index in [9.17, 15) is 9.59 Å². The van der Waals surface area contributed by atoms with Crippen molar-refractivity contribution in [3.8, 4) is 0 Å². The lowest BCUT2D eigenvalue weighted by Crippen LogP contribution is -2.22. The summed E-state index contributed by atoms with van der Waals surface area (Å²) in [5.41, 5.74) is 5.12. The van der Waals surface area contributed by atoms with Crippen LogP contribution in [0, 0.1) is 13.8 Å². The Hall–Kier alpha value is -3.39. The molecule has 1 unspecified atom stereocenters. The largest absolute Gasteiger partial charge is 0.462 e. The van der Waals surface area contributed by atoms with Crippen molar-refractivity contribution in [2.24, 2.45) is 0 Å². The number of anilines is 1. The minimum absolute atomic E-state index is 0.163. The van der Waals surface area contributed by atoms with Gasteiger partial charge in [-0.15, -0.1) is 10.2 Å². The predicted octanol–water partition coefficient (Wildman–Crippen LogP) is 4.80. The van der Waals surface area contributed by atoms with E-state index in [1.807, 2.05) is 23.5 Å². The number of esters is 1. The number of fused-ring (bicyclic) bond motifs is 3. The Morgan fingerprint density at radius 3 is 2.56 bits per heavy atom. The fourth-order valence-corrected chi connectivity index (χ4v) is 4.43. The van der Waals surface area contributed by atoms with Gasteiger partial charge in [0.15, 0.2) is 10.8 Å². The van der Waals surface area contributed by atoms with Crippen molar-refractivity contribution >= 4 is 45.9 Å². The van der Waals surface area contributed by atoms with Crippen molar-refractivity contribution in [1.29, 1.82) is 0 Å². The zero-order chi connectivity index (χ0) is 22.8. The molecule has 0 aliphatic rings. The number of para-hydroxylation sites is 1. The van der Waals surface area contributed by atoms with Gasteiger partial charge in [0.2, 0.25) is 5.91 Å². The number of carbonyl (C=O) groups is 2. The first-order chi connectivity index (χ1) is 15.4. The van der Waals surface area contributed by atoms with E-state index in [1.54, 1.807) is 31.2 Å². The van der Waals surface area contributed by atoms with Crippen LogP contribution in [0.4, 0.5) is 5.69 Å². The molecule has 1 N–H and O–H groups in total. The lowest BCUT2D eigenvalue weighted by molar-refractivity contribution is -0.115. The number of aromatic nitrogens is 3. The Balaban J connectivity index is 1.55. The van der Waals surface area contributed by atoms with Crippen LogP contribution in [0.5, 0.6) is 0 Å². The van der Waals surface area contributed by atoms with E-state index in [-0.39, 0.29) is 11.9 Å². The molecule has 32 heavy (non-hydrogen) atoms. The van der Waals surface area contributed by atoms with E-state index in [1.165, 1.54) is 11.8 Å². The lowest BCUT2D eigenvalue weighted by Gasteiger charge is -2.13. The highest BCUT2D eigenvalue weighted by Crippen LogP contribution is 2.30. The molecule has 164 valence electrons. The smallest absolute Gasteiger partial charge is 0.338 e. The number of hydrogen-bond acceptors (Lipinski definition) is 6. The second-order valence-corrected chi connectivity index (χ2v) is 8.83. The number of aryl methyl sites for hydroxylation is 2.